The molecule has 0 aromatic carbocycles. The second-order valence-electron chi connectivity index (χ2n) is 3.27. The Labute approximate surface area is 115 Å². The molecule has 0 spiro atoms. The van der Waals surface area contributed by atoms with Crippen LogP contribution in [0, 0.1) is 0 Å². The summed E-state index contributed by atoms with van der Waals surface area (Å²) in [4.78, 5) is 35.3. The van der Waals surface area contributed by atoms with Gasteiger partial charge in [-0.05, 0) is 22.0 Å². The third kappa shape index (κ3) is 4.92. The lowest BCUT2D eigenvalue weighted by atomic mass is 10.3. The Morgan fingerprint density at radius 3 is 2.83 bits per heavy atom. The number of aliphatic carboxylic acids is 1. The molecule has 1 rings (SSSR count). The number of halogens is 1. The number of nitrogens with one attached hydrogen (secondary N) is 2. The van der Waals surface area contributed by atoms with Gasteiger partial charge >= 0.3 is 5.97 Å². The van der Waals surface area contributed by atoms with Gasteiger partial charge in [0.1, 0.15) is 0 Å². The Bertz CT molecular complexity index is 503. The maximum absolute atomic E-state index is 11.6. The van der Waals surface area contributed by atoms with E-state index in [4.69, 9.17) is 5.11 Å². The van der Waals surface area contributed by atoms with Crippen LogP contribution in [0.15, 0.2) is 21.5 Å². The average Bonchev–Trinajstić information content (AvgIpc) is 2.31. The summed E-state index contributed by atoms with van der Waals surface area (Å²) in [6.45, 7) is 0.369. The maximum atomic E-state index is 11.6. The van der Waals surface area contributed by atoms with Gasteiger partial charge in [0, 0.05) is 18.5 Å². The summed E-state index contributed by atoms with van der Waals surface area (Å²) in [5.74, 6) is -0.665. The highest BCUT2D eigenvalue weighted by atomic mass is 79.9. The molecule has 1 aromatic rings. The Morgan fingerprint density at radius 1 is 1.50 bits per heavy atom. The van der Waals surface area contributed by atoms with Crippen molar-refractivity contribution in [3.63, 3.8) is 0 Å². The van der Waals surface area contributed by atoms with Gasteiger partial charge in [-0.3, -0.25) is 14.4 Å². The molecule has 0 bridgehead atoms. The molecule has 18 heavy (non-hydrogen) atoms. The third-order valence-electron chi connectivity index (χ3n) is 1.88. The molecule has 0 saturated carbocycles. The summed E-state index contributed by atoms with van der Waals surface area (Å²) in [5, 5.41) is 11.0. The molecule has 0 unspecified atom stereocenters. The highest BCUT2D eigenvalue weighted by Crippen LogP contribution is 2.05. The van der Waals surface area contributed by atoms with Crippen molar-refractivity contribution in [2.75, 3.05) is 18.1 Å². The number of hydrogen-bond donors (Lipinski definition) is 3. The van der Waals surface area contributed by atoms with Gasteiger partial charge in [0.15, 0.2) is 0 Å². The van der Waals surface area contributed by atoms with Crippen LogP contribution in [-0.4, -0.2) is 40.0 Å². The number of carbonyl (C=O) groups is 2. The van der Waals surface area contributed by atoms with Crippen LogP contribution in [0.25, 0.3) is 0 Å². The summed E-state index contributed by atoms with van der Waals surface area (Å²) in [6.07, 6.45) is 1.33. The van der Waals surface area contributed by atoms with Gasteiger partial charge in [-0.2, -0.15) is 0 Å². The fraction of sp³-hybridized carbons (Fsp3) is 0.300. The van der Waals surface area contributed by atoms with Crippen molar-refractivity contribution in [2.24, 2.45) is 0 Å². The summed E-state index contributed by atoms with van der Waals surface area (Å²) in [6, 6.07) is 1.43. The SMILES string of the molecule is O=C(O)CSCCNC(=O)c1c[nH]c(=O)c(Br)c1. The van der Waals surface area contributed by atoms with Crippen LogP contribution < -0.4 is 10.9 Å². The Morgan fingerprint density at radius 2 is 2.22 bits per heavy atom. The fourth-order valence-electron chi connectivity index (χ4n) is 1.09. The van der Waals surface area contributed by atoms with E-state index in [1.807, 2.05) is 0 Å². The number of pyridine rings is 1. The van der Waals surface area contributed by atoms with Crippen LogP contribution in [0.4, 0.5) is 0 Å². The van der Waals surface area contributed by atoms with Gasteiger partial charge in [-0.15, -0.1) is 11.8 Å². The second-order valence-corrected chi connectivity index (χ2v) is 5.23. The number of aromatic nitrogens is 1. The van der Waals surface area contributed by atoms with Crippen molar-refractivity contribution in [1.29, 1.82) is 0 Å². The van der Waals surface area contributed by atoms with E-state index in [0.29, 0.717) is 17.9 Å². The van der Waals surface area contributed by atoms with E-state index in [1.54, 1.807) is 0 Å². The summed E-state index contributed by atoms with van der Waals surface area (Å²) < 4.78 is 0.287. The van der Waals surface area contributed by atoms with Crippen LogP contribution in [0.2, 0.25) is 0 Å². The molecule has 8 heteroatoms. The highest BCUT2D eigenvalue weighted by Gasteiger charge is 2.07. The molecule has 0 aliphatic rings. The first-order chi connectivity index (χ1) is 8.50. The molecule has 0 aliphatic heterocycles. The zero-order chi connectivity index (χ0) is 13.5. The number of H-pyrrole nitrogens is 1. The average molecular weight is 335 g/mol. The first-order valence-corrected chi connectivity index (χ1v) is 6.91. The lowest BCUT2D eigenvalue weighted by Crippen LogP contribution is -2.26. The van der Waals surface area contributed by atoms with Crippen molar-refractivity contribution in [3.8, 4) is 0 Å². The number of rotatable bonds is 6. The Hall–Kier alpha value is -1.28. The molecule has 0 saturated heterocycles. The molecular formula is C10H11BrN2O4S. The van der Waals surface area contributed by atoms with Crippen LogP contribution >= 0.6 is 27.7 Å². The van der Waals surface area contributed by atoms with Crippen molar-refractivity contribution in [2.45, 2.75) is 0 Å². The first kappa shape index (κ1) is 14.8. The number of thioether (sulfide) groups is 1. The lowest BCUT2D eigenvalue weighted by molar-refractivity contribution is -0.133. The Balaban J connectivity index is 2.39. The van der Waals surface area contributed by atoms with Gasteiger partial charge in [0.05, 0.1) is 15.8 Å². The maximum Gasteiger partial charge on any atom is 0.313 e. The Kier molecular flexibility index (Phi) is 5.93. The molecule has 0 atom stereocenters. The van der Waals surface area contributed by atoms with E-state index in [2.05, 4.69) is 26.2 Å². The number of amides is 1. The zero-order valence-electron chi connectivity index (χ0n) is 9.23. The van der Waals surface area contributed by atoms with Gasteiger partial charge in [-0.25, -0.2) is 0 Å². The molecule has 1 aromatic heterocycles. The van der Waals surface area contributed by atoms with E-state index < -0.39 is 5.97 Å². The van der Waals surface area contributed by atoms with E-state index >= 15 is 0 Å². The molecular weight excluding hydrogens is 324 g/mol. The largest absolute Gasteiger partial charge is 0.481 e. The number of hydrogen-bond acceptors (Lipinski definition) is 4. The van der Waals surface area contributed by atoms with Crippen molar-refractivity contribution in [3.05, 3.63) is 32.7 Å². The smallest absolute Gasteiger partial charge is 0.313 e. The number of carbonyl (C=O) groups excluding carboxylic acids is 1. The van der Waals surface area contributed by atoms with Crippen molar-refractivity contribution < 1.29 is 14.7 Å². The van der Waals surface area contributed by atoms with Gasteiger partial charge in [0.25, 0.3) is 11.5 Å². The highest BCUT2D eigenvalue weighted by molar-refractivity contribution is 9.10. The summed E-state index contributed by atoms with van der Waals surface area (Å²) in [7, 11) is 0. The van der Waals surface area contributed by atoms with Crippen LogP contribution in [0.3, 0.4) is 0 Å². The number of carboxylic acids is 1. The minimum atomic E-state index is -0.879. The van der Waals surface area contributed by atoms with Gasteiger partial charge in [0.2, 0.25) is 0 Å². The topological polar surface area (TPSA) is 99.3 Å². The van der Waals surface area contributed by atoms with E-state index in [1.165, 1.54) is 24.0 Å². The van der Waals surface area contributed by atoms with Crippen molar-refractivity contribution >= 4 is 39.6 Å². The number of aromatic amines is 1. The fourth-order valence-corrected chi connectivity index (χ4v) is 2.01. The molecule has 0 aliphatic carbocycles. The molecule has 3 N–H and O–H groups in total. The second kappa shape index (κ2) is 7.22. The molecule has 1 heterocycles. The first-order valence-electron chi connectivity index (χ1n) is 4.96. The van der Waals surface area contributed by atoms with E-state index in [0.717, 1.165) is 0 Å². The van der Waals surface area contributed by atoms with Crippen LogP contribution in [0.5, 0.6) is 0 Å². The van der Waals surface area contributed by atoms with Gasteiger partial charge in [-0.1, -0.05) is 0 Å². The number of carboxylic acid groups (broad SMARTS) is 1. The zero-order valence-corrected chi connectivity index (χ0v) is 11.6. The molecule has 0 radical (unpaired) electrons. The van der Waals surface area contributed by atoms with Crippen LogP contribution in [-0.2, 0) is 4.79 Å². The van der Waals surface area contributed by atoms with Crippen molar-refractivity contribution in [1.82, 2.24) is 10.3 Å². The summed E-state index contributed by atoms with van der Waals surface area (Å²) in [5.41, 5.74) is 0.0354. The standard InChI is InChI=1S/C10H11BrN2O4S/c11-7-3-6(4-13-10(7)17)9(16)12-1-2-18-5-8(14)15/h3-4H,1-2,5H2,(H,12,16)(H,13,17)(H,14,15). The minimum Gasteiger partial charge on any atom is -0.481 e. The molecule has 1 amide bonds. The molecule has 6 nitrogen and oxygen atoms in total. The molecule has 0 fully saturated rings. The quantitative estimate of drug-likeness (QED) is 0.664. The predicted octanol–water partition coefficient (Wildman–Crippen LogP) is 0.685. The molecule has 98 valence electrons. The van der Waals surface area contributed by atoms with E-state index in [-0.39, 0.29) is 21.7 Å². The van der Waals surface area contributed by atoms with Gasteiger partial charge < -0.3 is 15.4 Å². The third-order valence-corrected chi connectivity index (χ3v) is 3.41. The van der Waals surface area contributed by atoms with E-state index in [9.17, 15) is 14.4 Å². The lowest BCUT2D eigenvalue weighted by Gasteiger charge is -2.04. The monoisotopic (exact) mass is 334 g/mol. The predicted molar refractivity (Wildman–Crippen MR) is 72.1 cm³/mol. The normalized spacial score (nSPS) is 10.1. The van der Waals surface area contributed by atoms with Crippen LogP contribution in [0.1, 0.15) is 10.4 Å². The summed E-state index contributed by atoms with van der Waals surface area (Å²) >= 11 is 4.25. The minimum absolute atomic E-state index is 0.0140.